The van der Waals surface area contributed by atoms with Crippen LogP contribution in [0.2, 0.25) is 0 Å². The fourth-order valence-electron chi connectivity index (χ4n) is 1.96. The monoisotopic (exact) mass is 274 g/mol. The Morgan fingerprint density at radius 3 is 2.47 bits per heavy atom. The maximum atomic E-state index is 5.81. The van der Waals surface area contributed by atoms with Crippen molar-refractivity contribution in [3.8, 4) is 0 Å². The van der Waals surface area contributed by atoms with Gasteiger partial charge in [0.2, 0.25) is 0 Å². The Hall–Kier alpha value is -1.54. The molecule has 0 spiro atoms. The van der Waals surface area contributed by atoms with E-state index in [-0.39, 0.29) is 0 Å². The van der Waals surface area contributed by atoms with Crippen molar-refractivity contribution in [1.82, 2.24) is 4.98 Å². The zero-order chi connectivity index (χ0) is 13.5. The first-order valence-corrected chi connectivity index (χ1v) is 7.22. The average molecular weight is 275 g/mol. The molecule has 2 nitrogen and oxygen atoms in total. The van der Waals surface area contributed by atoms with E-state index in [9.17, 15) is 0 Å². The number of aromatic nitrogens is 1. The van der Waals surface area contributed by atoms with Crippen LogP contribution in [0.1, 0.15) is 25.3 Å². The predicted molar refractivity (Wildman–Crippen MR) is 82.2 cm³/mol. The topological polar surface area (TPSA) is 16.1 Å². The summed E-state index contributed by atoms with van der Waals surface area (Å²) in [7, 11) is 0. The quantitative estimate of drug-likeness (QED) is 0.706. The molecule has 3 heteroatoms. The Morgan fingerprint density at radius 2 is 1.89 bits per heavy atom. The number of hydrogen-bond donors (Lipinski definition) is 0. The molecule has 0 radical (unpaired) electrons. The molecule has 100 valence electrons. The van der Waals surface area contributed by atoms with Crippen LogP contribution in [0.3, 0.4) is 0 Å². The summed E-state index contributed by atoms with van der Waals surface area (Å²) >= 11 is 5.81. The molecule has 0 aliphatic carbocycles. The zero-order valence-electron chi connectivity index (χ0n) is 11.2. The van der Waals surface area contributed by atoms with Crippen molar-refractivity contribution in [2.75, 3.05) is 11.4 Å². The van der Waals surface area contributed by atoms with Crippen LogP contribution < -0.4 is 4.90 Å². The van der Waals surface area contributed by atoms with Gasteiger partial charge in [-0.05, 0) is 30.2 Å². The molecule has 0 aliphatic rings. The highest BCUT2D eigenvalue weighted by molar-refractivity contribution is 6.17. The third-order valence-electron chi connectivity index (χ3n) is 3.04. The van der Waals surface area contributed by atoms with Gasteiger partial charge in [0, 0.05) is 24.3 Å². The van der Waals surface area contributed by atoms with E-state index >= 15 is 0 Å². The number of rotatable bonds is 6. The van der Waals surface area contributed by atoms with Gasteiger partial charge in [-0.3, -0.25) is 0 Å². The molecule has 0 aliphatic heterocycles. The molecule has 2 rings (SSSR count). The van der Waals surface area contributed by atoms with Crippen LogP contribution >= 0.6 is 11.6 Å². The first-order valence-electron chi connectivity index (χ1n) is 6.68. The van der Waals surface area contributed by atoms with Crippen molar-refractivity contribution in [2.24, 2.45) is 0 Å². The van der Waals surface area contributed by atoms with Crippen LogP contribution in [0.25, 0.3) is 0 Å². The van der Waals surface area contributed by atoms with Gasteiger partial charge >= 0.3 is 0 Å². The number of benzene rings is 1. The predicted octanol–water partition coefficient (Wildman–Crippen LogP) is 4.76. The van der Waals surface area contributed by atoms with Crippen LogP contribution in [0.15, 0.2) is 48.7 Å². The molecule has 0 amide bonds. The zero-order valence-corrected chi connectivity index (χ0v) is 12.0. The van der Waals surface area contributed by atoms with Crippen LogP contribution in [0, 0.1) is 0 Å². The first-order chi connectivity index (χ1) is 9.35. The Bertz CT molecular complexity index is 482. The number of hydrogen-bond acceptors (Lipinski definition) is 2. The molecule has 1 aromatic heterocycles. The average Bonchev–Trinajstić information content (AvgIpc) is 2.49. The van der Waals surface area contributed by atoms with Gasteiger partial charge in [0.05, 0.1) is 0 Å². The lowest BCUT2D eigenvalue weighted by Gasteiger charge is -2.23. The minimum absolute atomic E-state index is 0.508. The summed E-state index contributed by atoms with van der Waals surface area (Å²) in [6.07, 6.45) is 4.17. The summed E-state index contributed by atoms with van der Waals surface area (Å²) in [6, 6.07) is 14.5. The molecule has 0 unspecified atom stereocenters. The van der Waals surface area contributed by atoms with Gasteiger partial charge in [-0.1, -0.05) is 37.6 Å². The van der Waals surface area contributed by atoms with Crippen LogP contribution in [0.4, 0.5) is 11.5 Å². The van der Waals surface area contributed by atoms with Gasteiger partial charge in [-0.15, -0.1) is 11.6 Å². The van der Waals surface area contributed by atoms with E-state index in [1.807, 2.05) is 24.4 Å². The van der Waals surface area contributed by atoms with E-state index in [1.165, 1.54) is 12.1 Å². The van der Waals surface area contributed by atoms with Gasteiger partial charge in [0.25, 0.3) is 0 Å². The maximum absolute atomic E-state index is 5.81. The number of unbranched alkanes of at least 4 members (excludes halogenated alkanes) is 1. The van der Waals surface area contributed by atoms with Crippen molar-refractivity contribution >= 4 is 23.1 Å². The molecule has 1 aromatic carbocycles. The molecule has 1 heterocycles. The third kappa shape index (κ3) is 3.71. The standard InChI is InChI=1S/C16H19ClN2/c1-2-3-11-19(15-7-5-4-6-8-15)16-10-9-14(12-17)13-18-16/h4-10,13H,2-3,11-12H2,1H3. The van der Waals surface area contributed by atoms with Gasteiger partial charge in [-0.2, -0.15) is 0 Å². The second-order valence-electron chi connectivity index (χ2n) is 4.50. The largest absolute Gasteiger partial charge is 0.326 e. The van der Waals surface area contributed by atoms with Crippen molar-refractivity contribution in [3.05, 3.63) is 54.2 Å². The van der Waals surface area contributed by atoms with Crippen LogP contribution in [-0.2, 0) is 5.88 Å². The lowest BCUT2D eigenvalue weighted by molar-refractivity contribution is 0.779. The SMILES string of the molecule is CCCCN(c1ccccc1)c1ccc(CCl)cn1. The molecular weight excluding hydrogens is 256 g/mol. The van der Waals surface area contributed by atoms with Crippen molar-refractivity contribution in [2.45, 2.75) is 25.6 Å². The highest BCUT2D eigenvalue weighted by Gasteiger charge is 2.09. The molecular formula is C16H19ClN2. The van der Waals surface area contributed by atoms with Crippen molar-refractivity contribution in [3.63, 3.8) is 0 Å². The van der Waals surface area contributed by atoms with E-state index in [2.05, 4.69) is 41.1 Å². The Morgan fingerprint density at radius 1 is 1.11 bits per heavy atom. The smallest absolute Gasteiger partial charge is 0.132 e. The Kier molecular flexibility index (Phi) is 5.22. The summed E-state index contributed by atoms with van der Waals surface area (Å²) in [5.41, 5.74) is 2.23. The number of alkyl halides is 1. The minimum Gasteiger partial charge on any atom is -0.326 e. The summed E-state index contributed by atoms with van der Waals surface area (Å²) in [5, 5.41) is 0. The van der Waals surface area contributed by atoms with E-state index < -0.39 is 0 Å². The summed E-state index contributed by atoms with van der Waals surface area (Å²) in [6.45, 7) is 3.18. The van der Waals surface area contributed by atoms with E-state index in [0.29, 0.717) is 5.88 Å². The minimum atomic E-state index is 0.508. The maximum Gasteiger partial charge on any atom is 0.132 e. The van der Waals surface area contributed by atoms with Crippen LogP contribution in [0.5, 0.6) is 0 Å². The fraction of sp³-hybridized carbons (Fsp3) is 0.312. The number of nitrogens with zero attached hydrogens (tertiary/aromatic N) is 2. The number of para-hydroxylation sites is 1. The Balaban J connectivity index is 2.26. The van der Waals surface area contributed by atoms with E-state index in [4.69, 9.17) is 11.6 Å². The first kappa shape index (κ1) is 13.9. The summed E-state index contributed by atoms with van der Waals surface area (Å²) in [5.74, 6) is 1.49. The molecule has 2 aromatic rings. The highest BCUT2D eigenvalue weighted by Crippen LogP contribution is 2.24. The fourth-order valence-corrected chi connectivity index (χ4v) is 2.11. The molecule has 19 heavy (non-hydrogen) atoms. The molecule has 0 bridgehead atoms. The van der Waals surface area contributed by atoms with E-state index in [0.717, 1.165) is 24.3 Å². The normalized spacial score (nSPS) is 10.4. The molecule has 0 saturated carbocycles. The second-order valence-corrected chi connectivity index (χ2v) is 4.77. The van der Waals surface area contributed by atoms with Gasteiger partial charge in [-0.25, -0.2) is 4.98 Å². The second kappa shape index (κ2) is 7.15. The third-order valence-corrected chi connectivity index (χ3v) is 3.35. The number of halogens is 1. The molecule has 0 N–H and O–H groups in total. The Labute approximate surface area is 120 Å². The van der Waals surface area contributed by atoms with Crippen molar-refractivity contribution < 1.29 is 0 Å². The summed E-state index contributed by atoms with van der Waals surface area (Å²) in [4.78, 5) is 6.77. The van der Waals surface area contributed by atoms with Gasteiger partial charge in [0.15, 0.2) is 0 Å². The molecule has 0 atom stereocenters. The lowest BCUT2D eigenvalue weighted by Crippen LogP contribution is -2.19. The highest BCUT2D eigenvalue weighted by atomic mass is 35.5. The summed E-state index contributed by atoms with van der Waals surface area (Å²) < 4.78 is 0. The van der Waals surface area contributed by atoms with E-state index in [1.54, 1.807) is 0 Å². The molecule has 0 fully saturated rings. The van der Waals surface area contributed by atoms with Crippen molar-refractivity contribution in [1.29, 1.82) is 0 Å². The van der Waals surface area contributed by atoms with Crippen LogP contribution in [-0.4, -0.2) is 11.5 Å². The number of anilines is 2. The van der Waals surface area contributed by atoms with Gasteiger partial charge in [0.1, 0.15) is 5.82 Å². The lowest BCUT2D eigenvalue weighted by atomic mass is 10.2. The molecule has 0 saturated heterocycles. The van der Waals surface area contributed by atoms with Gasteiger partial charge < -0.3 is 4.90 Å². The number of pyridine rings is 1.